The number of rotatable bonds is 7. The summed E-state index contributed by atoms with van der Waals surface area (Å²) in [6.45, 7) is 4.42. The number of aryl methyl sites for hydroxylation is 1. The third-order valence-electron chi connectivity index (χ3n) is 6.27. The van der Waals surface area contributed by atoms with Gasteiger partial charge in [-0.3, -0.25) is 14.5 Å². The summed E-state index contributed by atoms with van der Waals surface area (Å²) in [4.78, 5) is 38.0. The van der Waals surface area contributed by atoms with Crippen molar-refractivity contribution in [1.29, 1.82) is 0 Å². The summed E-state index contributed by atoms with van der Waals surface area (Å²) >= 11 is 0. The highest BCUT2D eigenvalue weighted by atomic mass is 16.4. The van der Waals surface area contributed by atoms with Crippen LogP contribution in [0.15, 0.2) is 66.7 Å². The molecule has 7 nitrogen and oxygen atoms in total. The number of amides is 3. The molecule has 7 heteroatoms. The van der Waals surface area contributed by atoms with Crippen LogP contribution >= 0.6 is 0 Å². The van der Waals surface area contributed by atoms with Gasteiger partial charge in [-0.1, -0.05) is 49.4 Å². The van der Waals surface area contributed by atoms with E-state index in [0.717, 1.165) is 34.5 Å². The van der Waals surface area contributed by atoms with E-state index in [1.807, 2.05) is 68.4 Å². The molecule has 0 aromatic heterocycles. The average molecular weight is 472 g/mol. The largest absolute Gasteiger partial charge is 0.481 e. The number of anilines is 3. The Morgan fingerprint density at radius 2 is 1.74 bits per heavy atom. The number of urea groups is 1. The second-order valence-electron chi connectivity index (χ2n) is 8.96. The van der Waals surface area contributed by atoms with Crippen molar-refractivity contribution in [2.45, 2.75) is 39.0 Å². The number of carboxylic acid groups (broad SMARTS) is 1. The second-order valence-corrected chi connectivity index (χ2v) is 8.96. The van der Waals surface area contributed by atoms with Crippen LogP contribution in [0.1, 0.15) is 41.5 Å². The van der Waals surface area contributed by atoms with E-state index in [-0.39, 0.29) is 30.7 Å². The monoisotopic (exact) mass is 471 g/mol. The van der Waals surface area contributed by atoms with E-state index in [0.29, 0.717) is 12.2 Å². The van der Waals surface area contributed by atoms with Gasteiger partial charge < -0.3 is 15.7 Å². The van der Waals surface area contributed by atoms with Crippen molar-refractivity contribution in [3.63, 3.8) is 0 Å². The van der Waals surface area contributed by atoms with Crippen molar-refractivity contribution in [3.05, 3.63) is 89.0 Å². The first-order valence-corrected chi connectivity index (χ1v) is 11.7. The highest BCUT2D eigenvalue weighted by Crippen LogP contribution is 2.28. The van der Waals surface area contributed by atoms with Crippen LogP contribution in [-0.2, 0) is 22.4 Å². The third kappa shape index (κ3) is 5.87. The van der Waals surface area contributed by atoms with Gasteiger partial charge in [0, 0.05) is 23.6 Å². The third-order valence-corrected chi connectivity index (χ3v) is 6.27. The van der Waals surface area contributed by atoms with Crippen molar-refractivity contribution in [2.75, 3.05) is 22.1 Å². The van der Waals surface area contributed by atoms with Crippen LogP contribution in [-0.4, -0.2) is 29.6 Å². The SMILES string of the molecule is Cc1cc(CC(=O)Nc2ccc(C(C)CC(=O)O)cc2)ccc1NC(=O)N1CCc2ccccc21. The molecule has 0 saturated carbocycles. The quantitative estimate of drug-likeness (QED) is 0.433. The predicted molar refractivity (Wildman–Crippen MR) is 137 cm³/mol. The Hall–Kier alpha value is -4.13. The molecule has 0 spiro atoms. The first-order valence-electron chi connectivity index (χ1n) is 11.7. The second kappa shape index (κ2) is 10.4. The molecule has 1 unspecified atom stereocenters. The number of aliphatic carboxylic acids is 1. The summed E-state index contributed by atoms with van der Waals surface area (Å²) in [6, 6.07) is 20.6. The van der Waals surface area contributed by atoms with Gasteiger partial charge in [0.15, 0.2) is 0 Å². The van der Waals surface area contributed by atoms with Gasteiger partial charge in [0.2, 0.25) is 5.91 Å². The van der Waals surface area contributed by atoms with Crippen LogP contribution in [0.5, 0.6) is 0 Å². The summed E-state index contributed by atoms with van der Waals surface area (Å²) in [5.41, 5.74) is 6.13. The first-order chi connectivity index (χ1) is 16.8. The molecule has 1 aliphatic heterocycles. The first kappa shape index (κ1) is 24.0. The minimum absolute atomic E-state index is 0.0623. The van der Waals surface area contributed by atoms with Gasteiger partial charge in [-0.15, -0.1) is 0 Å². The molecule has 0 bridgehead atoms. The van der Waals surface area contributed by atoms with Gasteiger partial charge >= 0.3 is 12.0 Å². The van der Waals surface area contributed by atoms with Gasteiger partial charge in [-0.2, -0.15) is 0 Å². The number of carboxylic acids is 1. The Bertz CT molecular complexity index is 1250. The lowest BCUT2D eigenvalue weighted by Gasteiger charge is -2.19. The zero-order chi connectivity index (χ0) is 24.9. The molecule has 4 rings (SSSR count). The standard InChI is InChI=1S/C28H29N3O4/c1-18(16-27(33)34)21-8-10-23(11-9-21)29-26(32)17-20-7-12-24(19(2)15-20)30-28(35)31-14-13-22-5-3-4-6-25(22)31/h3-12,15,18H,13-14,16-17H2,1-2H3,(H,29,32)(H,30,35)(H,33,34). The Morgan fingerprint density at radius 1 is 1.00 bits per heavy atom. The number of hydrogen-bond acceptors (Lipinski definition) is 3. The molecule has 0 aliphatic carbocycles. The van der Waals surface area contributed by atoms with Crippen LogP contribution in [0.25, 0.3) is 0 Å². The van der Waals surface area contributed by atoms with Crippen molar-refractivity contribution in [3.8, 4) is 0 Å². The van der Waals surface area contributed by atoms with Gasteiger partial charge in [-0.05, 0) is 65.8 Å². The van der Waals surface area contributed by atoms with Gasteiger partial charge in [0.1, 0.15) is 0 Å². The highest BCUT2D eigenvalue weighted by molar-refractivity contribution is 6.03. The Balaban J connectivity index is 1.33. The Kier molecular flexibility index (Phi) is 7.15. The maximum Gasteiger partial charge on any atom is 0.326 e. The number of carbonyl (C=O) groups excluding carboxylic acids is 2. The summed E-state index contributed by atoms with van der Waals surface area (Å²) in [5.74, 6) is -1.09. The fraction of sp³-hybridized carbons (Fsp3) is 0.250. The smallest absolute Gasteiger partial charge is 0.326 e. The van der Waals surface area contributed by atoms with Crippen molar-refractivity contribution < 1.29 is 19.5 Å². The van der Waals surface area contributed by atoms with E-state index >= 15 is 0 Å². The number of nitrogens with zero attached hydrogens (tertiary/aromatic N) is 1. The minimum atomic E-state index is -0.836. The van der Waals surface area contributed by atoms with Gasteiger partial charge in [-0.25, -0.2) is 4.79 Å². The Morgan fingerprint density at radius 3 is 2.46 bits per heavy atom. The van der Waals surface area contributed by atoms with Crippen molar-refractivity contribution >= 4 is 35.0 Å². The molecule has 1 atom stereocenters. The molecule has 35 heavy (non-hydrogen) atoms. The molecule has 3 N–H and O–H groups in total. The fourth-order valence-electron chi connectivity index (χ4n) is 4.37. The van der Waals surface area contributed by atoms with Crippen LogP contribution in [0.3, 0.4) is 0 Å². The number of nitrogens with one attached hydrogen (secondary N) is 2. The maximum atomic E-state index is 12.8. The number of hydrogen-bond donors (Lipinski definition) is 3. The summed E-state index contributed by atoms with van der Waals surface area (Å²) in [6.07, 6.45) is 1.11. The summed E-state index contributed by atoms with van der Waals surface area (Å²) in [7, 11) is 0. The molecular formula is C28H29N3O4. The average Bonchev–Trinajstić information content (AvgIpc) is 3.25. The minimum Gasteiger partial charge on any atom is -0.481 e. The molecule has 1 heterocycles. The molecule has 0 saturated heterocycles. The topological polar surface area (TPSA) is 98.7 Å². The van der Waals surface area contributed by atoms with Crippen molar-refractivity contribution in [1.82, 2.24) is 0 Å². The van der Waals surface area contributed by atoms with Crippen LogP contribution in [0.2, 0.25) is 0 Å². The lowest BCUT2D eigenvalue weighted by molar-refractivity contribution is -0.137. The van der Waals surface area contributed by atoms with E-state index in [1.165, 1.54) is 5.56 Å². The number of fused-ring (bicyclic) bond motifs is 1. The van der Waals surface area contributed by atoms with E-state index in [1.54, 1.807) is 17.0 Å². The van der Waals surface area contributed by atoms with Crippen LogP contribution in [0, 0.1) is 6.92 Å². The summed E-state index contributed by atoms with van der Waals surface area (Å²) in [5, 5.41) is 14.8. The van der Waals surface area contributed by atoms with Gasteiger partial charge in [0.05, 0.1) is 12.8 Å². The highest BCUT2D eigenvalue weighted by Gasteiger charge is 2.24. The molecule has 1 aliphatic rings. The van der Waals surface area contributed by atoms with Crippen LogP contribution < -0.4 is 15.5 Å². The predicted octanol–water partition coefficient (Wildman–Crippen LogP) is 5.35. The number of para-hydroxylation sites is 1. The molecule has 0 radical (unpaired) electrons. The van der Waals surface area contributed by atoms with E-state index < -0.39 is 5.97 Å². The van der Waals surface area contributed by atoms with E-state index in [9.17, 15) is 14.4 Å². The van der Waals surface area contributed by atoms with Gasteiger partial charge in [0.25, 0.3) is 0 Å². The normalized spacial score (nSPS) is 13.1. The molecule has 3 aromatic carbocycles. The summed E-state index contributed by atoms with van der Waals surface area (Å²) < 4.78 is 0. The molecule has 180 valence electrons. The lowest BCUT2D eigenvalue weighted by Crippen LogP contribution is -2.33. The molecular weight excluding hydrogens is 442 g/mol. The zero-order valence-electron chi connectivity index (χ0n) is 19.9. The lowest BCUT2D eigenvalue weighted by atomic mass is 9.98. The van der Waals surface area contributed by atoms with Crippen LogP contribution in [0.4, 0.5) is 21.9 Å². The number of carbonyl (C=O) groups is 3. The molecule has 3 aromatic rings. The maximum absolute atomic E-state index is 12.8. The van der Waals surface area contributed by atoms with E-state index in [2.05, 4.69) is 10.6 Å². The fourth-order valence-corrected chi connectivity index (χ4v) is 4.37. The molecule has 0 fully saturated rings. The zero-order valence-corrected chi connectivity index (χ0v) is 19.9. The molecule has 3 amide bonds. The van der Waals surface area contributed by atoms with Crippen molar-refractivity contribution in [2.24, 2.45) is 0 Å². The Labute approximate surface area is 204 Å². The van der Waals surface area contributed by atoms with E-state index in [4.69, 9.17) is 5.11 Å². The number of benzene rings is 3.